The summed E-state index contributed by atoms with van der Waals surface area (Å²) in [6.45, 7) is 11.3. The van der Waals surface area contributed by atoms with E-state index in [1.54, 1.807) is 11.8 Å². The molecule has 0 aromatic heterocycles. The van der Waals surface area contributed by atoms with Gasteiger partial charge in [-0.05, 0) is 35.4 Å². The van der Waals surface area contributed by atoms with Crippen LogP contribution in [0.3, 0.4) is 0 Å². The van der Waals surface area contributed by atoms with Gasteiger partial charge in [0.2, 0.25) is 0 Å². The summed E-state index contributed by atoms with van der Waals surface area (Å²) in [7, 11) is 0. The molecule has 1 N–H and O–H groups in total. The summed E-state index contributed by atoms with van der Waals surface area (Å²) in [5, 5.41) is 3.15. The molecule has 0 saturated heterocycles. The summed E-state index contributed by atoms with van der Waals surface area (Å²) in [5.74, 6) is 0.260. The van der Waals surface area contributed by atoms with E-state index in [9.17, 15) is 9.59 Å². The second kappa shape index (κ2) is 11.4. The van der Waals surface area contributed by atoms with Gasteiger partial charge in [-0.15, -0.1) is 0 Å². The van der Waals surface area contributed by atoms with Crippen LogP contribution in [0, 0.1) is 0 Å². The highest BCUT2D eigenvalue weighted by atomic mass is 16.5. The third-order valence-corrected chi connectivity index (χ3v) is 5.00. The number of benzene rings is 2. The Kier molecular flexibility index (Phi) is 8.90. The Morgan fingerprint density at radius 3 is 2.07 bits per heavy atom. The van der Waals surface area contributed by atoms with Gasteiger partial charge in [0.1, 0.15) is 0 Å². The molecular weight excluding hydrogens is 376 g/mol. The number of anilines is 1. The lowest BCUT2D eigenvalue weighted by atomic mass is 9.93. The van der Waals surface area contributed by atoms with Crippen LogP contribution in [0.5, 0.6) is 0 Å². The zero-order chi connectivity index (χ0) is 22.1. The summed E-state index contributed by atoms with van der Waals surface area (Å²) in [6.07, 6.45) is 0.164. The highest BCUT2D eigenvalue weighted by Gasteiger charge is 2.20. The number of amides is 2. The van der Waals surface area contributed by atoms with E-state index in [1.165, 1.54) is 0 Å². The summed E-state index contributed by atoms with van der Waals surface area (Å²) in [6, 6.07) is 15.8. The topological polar surface area (TPSA) is 58.6 Å². The number of esters is 1. The second-order valence-electron chi connectivity index (χ2n) is 8.01. The second-order valence-corrected chi connectivity index (χ2v) is 8.01. The molecule has 0 unspecified atom stereocenters. The number of carbonyl (C=O) groups is 2. The van der Waals surface area contributed by atoms with Crippen LogP contribution in [0.25, 0.3) is 0 Å². The van der Waals surface area contributed by atoms with Crippen molar-refractivity contribution >= 4 is 17.7 Å². The monoisotopic (exact) mass is 410 g/mol. The van der Waals surface area contributed by atoms with Crippen LogP contribution in [0.15, 0.2) is 48.5 Å². The number of hydrogen-bond donors (Lipinski definition) is 1. The number of urea groups is 1. The van der Waals surface area contributed by atoms with E-state index in [1.807, 2.05) is 36.4 Å². The molecule has 2 aromatic rings. The number of ether oxygens (including phenoxy) is 1. The van der Waals surface area contributed by atoms with Gasteiger partial charge in [-0.2, -0.15) is 0 Å². The standard InChI is InChI=1S/C25H34N2O3/c1-6-30-23(28)15-16-27(17-20-11-8-7-9-12-20)25(29)26-24-21(18(2)3)13-10-14-22(24)19(4)5/h7-14,18-19H,6,15-17H2,1-5H3,(H,26,29). The average molecular weight is 411 g/mol. The molecule has 0 fully saturated rings. The van der Waals surface area contributed by atoms with Gasteiger partial charge >= 0.3 is 12.0 Å². The van der Waals surface area contributed by atoms with Crippen LogP contribution in [-0.2, 0) is 16.1 Å². The number of rotatable bonds is 9. The third kappa shape index (κ3) is 6.61. The fourth-order valence-electron chi connectivity index (χ4n) is 3.40. The molecule has 0 aliphatic heterocycles. The number of para-hydroxylation sites is 1. The van der Waals surface area contributed by atoms with E-state index >= 15 is 0 Å². The van der Waals surface area contributed by atoms with E-state index in [0.29, 0.717) is 19.7 Å². The highest BCUT2D eigenvalue weighted by Crippen LogP contribution is 2.32. The van der Waals surface area contributed by atoms with Crippen LogP contribution in [0.1, 0.15) is 69.6 Å². The van der Waals surface area contributed by atoms with Crippen molar-refractivity contribution in [1.82, 2.24) is 4.90 Å². The maximum Gasteiger partial charge on any atom is 0.322 e. The fraction of sp³-hybridized carbons (Fsp3) is 0.440. The van der Waals surface area contributed by atoms with Crippen molar-refractivity contribution in [3.05, 3.63) is 65.2 Å². The van der Waals surface area contributed by atoms with Crippen LogP contribution < -0.4 is 5.32 Å². The molecule has 0 spiro atoms. The molecule has 5 heteroatoms. The third-order valence-electron chi connectivity index (χ3n) is 5.00. The molecule has 5 nitrogen and oxygen atoms in total. The summed E-state index contributed by atoms with van der Waals surface area (Å²) >= 11 is 0. The Hall–Kier alpha value is -2.82. The lowest BCUT2D eigenvalue weighted by Gasteiger charge is -2.26. The molecular formula is C25H34N2O3. The molecule has 0 aliphatic rings. The van der Waals surface area contributed by atoms with Gasteiger partial charge in [0.15, 0.2) is 0 Å². The largest absolute Gasteiger partial charge is 0.466 e. The molecule has 0 bridgehead atoms. The zero-order valence-electron chi connectivity index (χ0n) is 18.8. The van der Waals surface area contributed by atoms with Crippen molar-refractivity contribution in [3.63, 3.8) is 0 Å². The quantitative estimate of drug-likeness (QED) is 0.522. The first-order chi connectivity index (χ1) is 14.3. The van der Waals surface area contributed by atoms with Crippen molar-refractivity contribution in [2.75, 3.05) is 18.5 Å². The first kappa shape index (κ1) is 23.5. The first-order valence-electron chi connectivity index (χ1n) is 10.7. The van der Waals surface area contributed by atoms with E-state index in [4.69, 9.17) is 4.74 Å². The van der Waals surface area contributed by atoms with Crippen molar-refractivity contribution in [2.45, 2.75) is 59.4 Å². The Morgan fingerprint density at radius 2 is 1.53 bits per heavy atom. The Morgan fingerprint density at radius 1 is 0.933 bits per heavy atom. The number of hydrogen-bond acceptors (Lipinski definition) is 3. The van der Waals surface area contributed by atoms with Gasteiger partial charge in [0, 0.05) is 18.8 Å². The summed E-state index contributed by atoms with van der Waals surface area (Å²) in [4.78, 5) is 26.9. The molecule has 0 saturated carbocycles. The van der Waals surface area contributed by atoms with Crippen molar-refractivity contribution < 1.29 is 14.3 Å². The minimum absolute atomic E-state index is 0.164. The molecule has 2 amide bonds. The number of carbonyl (C=O) groups excluding carboxylic acids is 2. The summed E-state index contributed by atoms with van der Waals surface area (Å²) in [5.41, 5.74) is 4.11. The van der Waals surface area contributed by atoms with Gasteiger partial charge in [-0.25, -0.2) is 4.79 Å². The minimum atomic E-state index is -0.297. The van der Waals surface area contributed by atoms with E-state index < -0.39 is 0 Å². The molecule has 0 atom stereocenters. The smallest absolute Gasteiger partial charge is 0.322 e. The van der Waals surface area contributed by atoms with Crippen molar-refractivity contribution in [2.24, 2.45) is 0 Å². The maximum absolute atomic E-state index is 13.3. The van der Waals surface area contributed by atoms with Gasteiger partial charge in [0.25, 0.3) is 0 Å². The summed E-state index contributed by atoms with van der Waals surface area (Å²) < 4.78 is 5.04. The molecule has 2 aromatic carbocycles. The minimum Gasteiger partial charge on any atom is -0.466 e. The van der Waals surface area contributed by atoms with Crippen LogP contribution in [0.2, 0.25) is 0 Å². The molecule has 0 radical (unpaired) electrons. The zero-order valence-corrected chi connectivity index (χ0v) is 18.8. The highest BCUT2D eigenvalue weighted by molar-refractivity contribution is 5.91. The van der Waals surface area contributed by atoms with Gasteiger partial charge in [-0.1, -0.05) is 76.2 Å². The predicted molar refractivity (Wildman–Crippen MR) is 122 cm³/mol. The normalized spacial score (nSPS) is 10.9. The fourth-order valence-corrected chi connectivity index (χ4v) is 3.40. The molecule has 0 aliphatic carbocycles. The van der Waals surface area contributed by atoms with Gasteiger partial charge in [-0.3, -0.25) is 4.79 Å². The Labute approximate surface area is 180 Å². The average Bonchev–Trinajstić information content (AvgIpc) is 2.71. The lowest BCUT2D eigenvalue weighted by molar-refractivity contribution is -0.143. The van der Waals surface area contributed by atoms with Crippen LogP contribution in [0.4, 0.5) is 10.5 Å². The van der Waals surface area contributed by atoms with Gasteiger partial charge < -0.3 is 15.0 Å². The molecule has 2 rings (SSSR count). The van der Waals surface area contributed by atoms with E-state index in [0.717, 1.165) is 22.4 Å². The molecule has 0 heterocycles. The lowest BCUT2D eigenvalue weighted by Crippen LogP contribution is -2.36. The van der Waals surface area contributed by atoms with E-state index in [-0.39, 0.29) is 30.3 Å². The molecule has 162 valence electrons. The maximum atomic E-state index is 13.3. The van der Waals surface area contributed by atoms with Gasteiger partial charge in [0.05, 0.1) is 13.0 Å². The number of nitrogens with one attached hydrogen (secondary N) is 1. The SMILES string of the molecule is CCOC(=O)CCN(Cc1ccccc1)C(=O)Nc1c(C(C)C)cccc1C(C)C. The number of nitrogens with zero attached hydrogens (tertiary/aromatic N) is 1. The predicted octanol–water partition coefficient (Wildman–Crippen LogP) is 5.92. The van der Waals surface area contributed by atoms with Crippen molar-refractivity contribution in [1.29, 1.82) is 0 Å². The Bertz CT molecular complexity index is 805. The van der Waals surface area contributed by atoms with Crippen LogP contribution in [-0.4, -0.2) is 30.1 Å². The Balaban J connectivity index is 2.28. The van der Waals surface area contributed by atoms with Crippen LogP contribution >= 0.6 is 0 Å². The first-order valence-corrected chi connectivity index (χ1v) is 10.7. The van der Waals surface area contributed by atoms with E-state index in [2.05, 4.69) is 45.1 Å². The molecule has 30 heavy (non-hydrogen) atoms. The van der Waals surface area contributed by atoms with Crippen molar-refractivity contribution in [3.8, 4) is 0 Å².